The summed E-state index contributed by atoms with van der Waals surface area (Å²) in [5, 5.41) is 36.3. The van der Waals surface area contributed by atoms with E-state index in [9.17, 15) is 19.8 Å². The fourth-order valence-electron chi connectivity index (χ4n) is 0.919. The quantitative estimate of drug-likeness (QED) is 0.216. The highest BCUT2D eigenvalue weighted by Crippen LogP contribution is 2.09. The van der Waals surface area contributed by atoms with Crippen LogP contribution in [-0.4, -0.2) is 63.7 Å². The van der Waals surface area contributed by atoms with Crippen LogP contribution in [0, 0.1) is 0 Å². The highest BCUT2D eigenvalue weighted by Gasteiger charge is 2.34. The van der Waals surface area contributed by atoms with Crippen molar-refractivity contribution in [2.24, 2.45) is 0 Å². The molecule has 0 saturated heterocycles. The minimum atomic E-state index is -1.85. The van der Waals surface area contributed by atoms with E-state index in [-0.39, 0.29) is 6.29 Å². The molecule has 0 radical (unpaired) electrons. The molecular formula is C9H14O7. The van der Waals surface area contributed by atoms with E-state index >= 15 is 0 Å². The van der Waals surface area contributed by atoms with Crippen LogP contribution < -0.4 is 0 Å². The Hall–Kier alpha value is -1.28. The summed E-state index contributed by atoms with van der Waals surface area (Å²) in [5.74, 6) is -1.07. The Kier molecular flexibility index (Phi) is 5.65. The van der Waals surface area contributed by atoms with Gasteiger partial charge in [-0.05, 0) is 0 Å². The molecule has 16 heavy (non-hydrogen) atoms. The Morgan fingerprint density at radius 3 is 2.56 bits per heavy atom. The Morgan fingerprint density at radius 2 is 2.12 bits per heavy atom. The van der Waals surface area contributed by atoms with Crippen molar-refractivity contribution in [1.82, 2.24) is 0 Å². The lowest BCUT2D eigenvalue weighted by atomic mass is 10.0. The van der Waals surface area contributed by atoms with Crippen molar-refractivity contribution in [3.8, 4) is 0 Å². The summed E-state index contributed by atoms with van der Waals surface area (Å²) in [6.45, 7) is -0.226. The number of aliphatic hydroxyl groups excluding tert-OH is 4. The maximum absolute atomic E-state index is 11.0. The SMILES string of the molecule is [2H]C=CC(=O)O[C@@H]([C@H](O)[C@H](O)CO)[C@@H](O)C=O. The normalized spacial score (nSPS) is 19.6. The third-order valence-electron chi connectivity index (χ3n) is 1.78. The lowest BCUT2D eigenvalue weighted by molar-refractivity contribution is -0.169. The maximum Gasteiger partial charge on any atom is 0.330 e. The van der Waals surface area contributed by atoms with Crippen LogP contribution in [0.5, 0.6) is 0 Å². The topological polar surface area (TPSA) is 124 Å². The van der Waals surface area contributed by atoms with E-state index in [4.69, 9.17) is 11.6 Å². The molecular weight excluding hydrogens is 220 g/mol. The van der Waals surface area contributed by atoms with Gasteiger partial charge >= 0.3 is 5.97 Å². The largest absolute Gasteiger partial charge is 0.453 e. The first-order valence-electron chi connectivity index (χ1n) is 4.91. The minimum Gasteiger partial charge on any atom is -0.453 e. The van der Waals surface area contributed by atoms with Crippen molar-refractivity contribution in [1.29, 1.82) is 0 Å². The van der Waals surface area contributed by atoms with Crippen molar-refractivity contribution in [2.75, 3.05) is 6.61 Å². The summed E-state index contributed by atoms with van der Waals surface area (Å²) in [5.41, 5.74) is 0. The maximum atomic E-state index is 11.0. The second-order valence-electron chi connectivity index (χ2n) is 2.94. The third-order valence-corrected chi connectivity index (χ3v) is 1.78. The molecule has 0 amide bonds. The van der Waals surface area contributed by atoms with E-state index in [0.29, 0.717) is 12.6 Å². The van der Waals surface area contributed by atoms with Crippen LogP contribution in [0.4, 0.5) is 0 Å². The fraction of sp³-hybridized carbons (Fsp3) is 0.556. The van der Waals surface area contributed by atoms with Gasteiger partial charge in [0.25, 0.3) is 0 Å². The number of aldehydes is 1. The van der Waals surface area contributed by atoms with E-state index in [1.807, 2.05) is 0 Å². The number of rotatable bonds is 7. The fourth-order valence-corrected chi connectivity index (χ4v) is 0.919. The molecule has 0 aromatic heterocycles. The molecule has 0 aromatic carbocycles. The Balaban J connectivity index is 4.75. The number of ether oxygens (including phenoxy) is 1. The highest BCUT2D eigenvalue weighted by atomic mass is 16.6. The summed E-state index contributed by atoms with van der Waals surface area (Å²) in [7, 11) is 0. The third kappa shape index (κ3) is 4.07. The Labute approximate surface area is 93.0 Å². The molecule has 7 nitrogen and oxygen atoms in total. The molecule has 0 unspecified atom stereocenters. The van der Waals surface area contributed by atoms with E-state index in [2.05, 4.69) is 4.74 Å². The van der Waals surface area contributed by atoms with E-state index in [0.717, 1.165) is 0 Å². The van der Waals surface area contributed by atoms with Crippen LogP contribution in [0.2, 0.25) is 0 Å². The number of carbonyl (C=O) groups is 2. The molecule has 0 heterocycles. The zero-order valence-electron chi connectivity index (χ0n) is 9.26. The van der Waals surface area contributed by atoms with Crippen molar-refractivity contribution in [2.45, 2.75) is 24.4 Å². The standard InChI is InChI=1S/C9H14O7/c1-2-7(14)16-9(6(13)4-11)8(15)5(12)3-10/h2,4-6,8-10,12-13,15H,1,3H2/t5-,6+,8-,9-/m1/s1/i1D. The van der Waals surface area contributed by atoms with Gasteiger partial charge in [-0.3, -0.25) is 0 Å². The first-order chi connectivity index (χ1) is 7.97. The highest BCUT2D eigenvalue weighted by molar-refractivity contribution is 5.81. The summed E-state index contributed by atoms with van der Waals surface area (Å²) in [6, 6.07) is 0. The lowest BCUT2D eigenvalue weighted by Gasteiger charge is -2.26. The van der Waals surface area contributed by atoms with Crippen LogP contribution in [0.1, 0.15) is 1.37 Å². The Bertz CT molecular complexity index is 281. The van der Waals surface area contributed by atoms with Gasteiger partial charge in [0.15, 0.2) is 12.4 Å². The average molecular weight is 235 g/mol. The van der Waals surface area contributed by atoms with Crippen LogP contribution in [-0.2, 0) is 14.3 Å². The van der Waals surface area contributed by atoms with E-state index in [1.54, 1.807) is 0 Å². The van der Waals surface area contributed by atoms with Crippen LogP contribution in [0.3, 0.4) is 0 Å². The van der Waals surface area contributed by atoms with Crippen LogP contribution >= 0.6 is 0 Å². The zero-order valence-corrected chi connectivity index (χ0v) is 8.26. The lowest BCUT2D eigenvalue weighted by Crippen LogP contribution is -2.48. The number of carbonyl (C=O) groups excluding carboxylic acids is 2. The van der Waals surface area contributed by atoms with Gasteiger partial charge in [-0.15, -0.1) is 0 Å². The number of esters is 1. The van der Waals surface area contributed by atoms with Gasteiger partial charge in [0.1, 0.15) is 18.3 Å². The summed E-state index contributed by atoms with van der Waals surface area (Å²) < 4.78 is 11.1. The molecule has 0 saturated carbocycles. The zero-order chi connectivity index (χ0) is 13.4. The second kappa shape index (κ2) is 7.07. The van der Waals surface area contributed by atoms with E-state index in [1.165, 1.54) is 0 Å². The molecule has 0 aliphatic heterocycles. The molecule has 0 aliphatic rings. The van der Waals surface area contributed by atoms with Gasteiger partial charge in [-0.1, -0.05) is 6.55 Å². The van der Waals surface area contributed by atoms with Gasteiger partial charge in [0, 0.05) is 6.08 Å². The molecule has 0 fully saturated rings. The van der Waals surface area contributed by atoms with Crippen molar-refractivity contribution in [3.05, 3.63) is 12.6 Å². The van der Waals surface area contributed by atoms with Crippen molar-refractivity contribution >= 4 is 12.3 Å². The van der Waals surface area contributed by atoms with Crippen molar-refractivity contribution < 1.29 is 36.1 Å². The monoisotopic (exact) mass is 235 g/mol. The number of hydrogen-bond donors (Lipinski definition) is 4. The van der Waals surface area contributed by atoms with Crippen LogP contribution in [0.25, 0.3) is 0 Å². The minimum absolute atomic E-state index is 0.00959. The van der Waals surface area contributed by atoms with Gasteiger partial charge < -0.3 is 30.0 Å². The second-order valence-corrected chi connectivity index (χ2v) is 2.94. The molecule has 4 atom stereocenters. The number of hydrogen-bond acceptors (Lipinski definition) is 7. The first-order valence-corrected chi connectivity index (χ1v) is 4.33. The van der Waals surface area contributed by atoms with E-state index < -0.39 is 37.0 Å². The van der Waals surface area contributed by atoms with Crippen LogP contribution in [0.15, 0.2) is 12.6 Å². The molecule has 0 rings (SSSR count). The summed E-state index contributed by atoms with van der Waals surface area (Å²) in [6.07, 6.45) is -6.39. The van der Waals surface area contributed by atoms with Gasteiger partial charge in [0.05, 0.1) is 7.98 Å². The molecule has 0 spiro atoms. The van der Waals surface area contributed by atoms with Crippen molar-refractivity contribution in [3.63, 3.8) is 0 Å². The van der Waals surface area contributed by atoms with Gasteiger partial charge in [0.2, 0.25) is 0 Å². The average Bonchev–Trinajstić information content (AvgIpc) is 2.33. The number of aliphatic hydroxyl groups is 4. The smallest absolute Gasteiger partial charge is 0.330 e. The molecule has 0 bridgehead atoms. The summed E-state index contributed by atoms with van der Waals surface area (Å²) >= 11 is 0. The molecule has 92 valence electrons. The van der Waals surface area contributed by atoms with Gasteiger partial charge in [-0.25, -0.2) is 4.79 Å². The first kappa shape index (κ1) is 12.8. The molecule has 0 aliphatic carbocycles. The predicted octanol–water partition coefficient (Wildman–Crippen LogP) is -2.64. The molecule has 0 aromatic rings. The molecule has 4 N–H and O–H groups in total. The Morgan fingerprint density at radius 1 is 1.50 bits per heavy atom. The van der Waals surface area contributed by atoms with Gasteiger partial charge in [-0.2, -0.15) is 0 Å². The predicted molar refractivity (Wildman–Crippen MR) is 51.2 cm³/mol. The molecule has 7 heteroatoms. The summed E-state index contributed by atoms with van der Waals surface area (Å²) in [4.78, 5) is 21.3.